The maximum atomic E-state index is 12.4. The molecule has 3 N–H and O–H groups in total. The molecule has 264 valence electrons. The van der Waals surface area contributed by atoms with Crippen molar-refractivity contribution in [3.63, 3.8) is 0 Å². The predicted molar refractivity (Wildman–Crippen MR) is 193 cm³/mol. The molecule has 0 bridgehead atoms. The molecule has 0 aromatic rings. The fourth-order valence-electron chi connectivity index (χ4n) is 5.61. The van der Waals surface area contributed by atoms with Crippen molar-refractivity contribution in [1.82, 2.24) is 5.32 Å². The molecule has 2 atom stereocenters. The Morgan fingerprint density at radius 3 is 1.40 bits per heavy atom. The molecule has 7 heteroatoms. The molecule has 0 saturated carbocycles. The SMILES string of the molecule is C/C=C/CC/C=C/CC/C=C/C(O)C(CS(=O)(=O)O)NC(=O)CCCCCCCCCCCCCCCCCCCCCCC. The highest BCUT2D eigenvalue weighted by Gasteiger charge is 2.24. The van der Waals surface area contributed by atoms with Crippen LogP contribution in [0.2, 0.25) is 0 Å². The van der Waals surface area contributed by atoms with Crippen molar-refractivity contribution in [1.29, 1.82) is 0 Å². The summed E-state index contributed by atoms with van der Waals surface area (Å²) in [6.07, 6.45) is 41.7. The van der Waals surface area contributed by atoms with Gasteiger partial charge in [0.05, 0.1) is 17.9 Å². The number of allylic oxidation sites excluding steroid dienone is 5. The van der Waals surface area contributed by atoms with E-state index in [1.807, 2.05) is 13.0 Å². The van der Waals surface area contributed by atoms with E-state index in [0.29, 0.717) is 6.42 Å². The first-order chi connectivity index (χ1) is 21.8. The Hall–Kier alpha value is -1.44. The fourth-order valence-corrected chi connectivity index (χ4v) is 6.34. The number of carbonyl (C=O) groups is 1. The average Bonchev–Trinajstić information content (AvgIpc) is 3.00. The van der Waals surface area contributed by atoms with Crippen LogP contribution in [0.3, 0.4) is 0 Å². The van der Waals surface area contributed by atoms with Crippen LogP contribution in [0.25, 0.3) is 0 Å². The van der Waals surface area contributed by atoms with E-state index < -0.39 is 28.0 Å². The van der Waals surface area contributed by atoms with Crippen molar-refractivity contribution in [2.24, 2.45) is 0 Å². The molecule has 0 heterocycles. The first kappa shape index (κ1) is 43.6. The van der Waals surface area contributed by atoms with Crippen LogP contribution in [0.15, 0.2) is 36.5 Å². The third-order valence-electron chi connectivity index (χ3n) is 8.39. The minimum Gasteiger partial charge on any atom is -0.387 e. The van der Waals surface area contributed by atoms with Crippen LogP contribution >= 0.6 is 0 Å². The zero-order valence-corrected chi connectivity index (χ0v) is 30.1. The fraction of sp³-hybridized carbons (Fsp3) is 0.816. The number of rotatable bonds is 33. The van der Waals surface area contributed by atoms with Gasteiger partial charge in [0.25, 0.3) is 10.1 Å². The lowest BCUT2D eigenvalue weighted by molar-refractivity contribution is -0.122. The van der Waals surface area contributed by atoms with Gasteiger partial charge in [-0.2, -0.15) is 8.42 Å². The Bertz CT molecular complexity index is 852. The van der Waals surface area contributed by atoms with E-state index in [1.165, 1.54) is 122 Å². The quantitative estimate of drug-likeness (QED) is 0.0371. The van der Waals surface area contributed by atoms with Crippen LogP contribution in [0, 0.1) is 0 Å². The van der Waals surface area contributed by atoms with Gasteiger partial charge >= 0.3 is 0 Å². The lowest BCUT2D eigenvalue weighted by Crippen LogP contribution is -2.46. The molecule has 2 unspecified atom stereocenters. The van der Waals surface area contributed by atoms with Gasteiger partial charge in [0.2, 0.25) is 5.91 Å². The highest BCUT2D eigenvalue weighted by Crippen LogP contribution is 2.15. The Labute approximate surface area is 278 Å². The Kier molecular flexibility index (Phi) is 31.5. The van der Waals surface area contributed by atoms with Crippen molar-refractivity contribution in [3.8, 4) is 0 Å². The van der Waals surface area contributed by atoms with Gasteiger partial charge in [-0.1, -0.05) is 172 Å². The molecule has 0 radical (unpaired) electrons. The summed E-state index contributed by atoms with van der Waals surface area (Å²) < 4.78 is 32.2. The highest BCUT2D eigenvalue weighted by atomic mass is 32.2. The number of hydrogen-bond donors (Lipinski definition) is 3. The van der Waals surface area contributed by atoms with Crippen LogP contribution in [0.4, 0.5) is 0 Å². The molecule has 0 rings (SSSR count). The summed E-state index contributed by atoms with van der Waals surface area (Å²) >= 11 is 0. The summed E-state index contributed by atoms with van der Waals surface area (Å²) in [7, 11) is -4.35. The van der Waals surface area contributed by atoms with Crippen molar-refractivity contribution in [2.45, 2.75) is 193 Å². The summed E-state index contributed by atoms with van der Waals surface area (Å²) in [5, 5.41) is 13.1. The molecular formula is C38H71NO5S. The minimum absolute atomic E-state index is 0.287. The normalized spacial score (nSPS) is 13.8. The zero-order chi connectivity index (χ0) is 33.3. The highest BCUT2D eigenvalue weighted by molar-refractivity contribution is 7.85. The van der Waals surface area contributed by atoms with Crippen LogP contribution in [0.1, 0.15) is 181 Å². The smallest absolute Gasteiger partial charge is 0.267 e. The molecule has 0 aliphatic heterocycles. The van der Waals surface area contributed by atoms with Crippen molar-refractivity contribution >= 4 is 16.0 Å². The molecule has 0 aromatic carbocycles. The molecule has 45 heavy (non-hydrogen) atoms. The van der Waals surface area contributed by atoms with Gasteiger partial charge in [-0.05, 0) is 39.0 Å². The first-order valence-corrected chi connectivity index (χ1v) is 20.3. The molecule has 0 aliphatic carbocycles. The maximum absolute atomic E-state index is 12.4. The number of amides is 1. The van der Waals surface area contributed by atoms with E-state index in [2.05, 4.69) is 30.5 Å². The van der Waals surface area contributed by atoms with E-state index >= 15 is 0 Å². The molecule has 0 fully saturated rings. The summed E-state index contributed by atoms with van der Waals surface area (Å²) in [6.45, 7) is 4.28. The lowest BCUT2D eigenvalue weighted by Gasteiger charge is -2.21. The van der Waals surface area contributed by atoms with E-state index in [-0.39, 0.29) is 12.3 Å². The number of hydrogen-bond acceptors (Lipinski definition) is 4. The van der Waals surface area contributed by atoms with Crippen molar-refractivity contribution in [2.75, 3.05) is 5.75 Å². The number of aliphatic hydroxyl groups excluding tert-OH is 1. The second-order valence-corrected chi connectivity index (χ2v) is 14.4. The van der Waals surface area contributed by atoms with Crippen molar-refractivity contribution < 1.29 is 22.9 Å². The Morgan fingerprint density at radius 2 is 1.00 bits per heavy atom. The average molecular weight is 654 g/mol. The summed E-state index contributed by atoms with van der Waals surface area (Å²) in [5.74, 6) is -1.01. The molecule has 1 amide bonds. The van der Waals surface area contributed by atoms with Gasteiger partial charge in [0.15, 0.2) is 0 Å². The van der Waals surface area contributed by atoms with Crippen LogP contribution in [-0.2, 0) is 14.9 Å². The third-order valence-corrected chi connectivity index (χ3v) is 9.17. The standard InChI is InChI=1S/C38H71NO5S/c1-3-5-7-9-11-13-14-15-16-17-18-19-20-21-22-23-24-26-28-30-32-34-38(41)39-36(35-45(42,43)44)37(40)33-31-29-27-25-12-10-8-6-4-2/h4,6,12,25,31,33,36-37,40H,3,5,7-11,13-24,26-30,32,34-35H2,1-2H3,(H,39,41)(H,42,43,44)/b6-4+,25-12+,33-31+. The summed E-state index contributed by atoms with van der Waals surface area (Å²) in [5.41, 5.74) is 0. The minimum atomic E-state index is -4.35. The van der Waals surface area contributed by atoms with E-state index in [1.54, 1.807) is 6.08 Å². The Balaban J connectivity index is 3.82. The van der Waals surface area contributed by atoms with Crippen LogP contribution in [0.5, 0.6) is 0 Å². The second-order valence-electron chi connectivity index (χ2n) is 12.9. The molecule has 0 aliphatic rings. The topological polar surface area (TPSA) is 104 Å². The van der Waals surface area contributed by atoms with Gasteiger partial charge < -0.3 is 10.4 Å². The van der Waals surface area contributed by atoms with Gasteiger partial charge in [0.1, 0.15) is 0 Å². The van der Waals surface area contributed by atoms with E-state index in [4.69, 9.17) is 0 Å². The maximum Gasteiger partial charge on any atom is 0.267 e. The molecule has 0 aromatic heterocycles. The van der Waals surface area contributed by atoms with E-state index in [9.17, 15) is 22.9 Å². The largest absolute Gasteiger partial charge is 0.387 e. The molecule has 6 nitrogen and oxygen atoms in total. The van der Waals surface area contributed by atoms with Crippen molar-refractivity contribution in [3.05, 3.63) is 36.5 Å². The molecule has 0 saturated heterocycles. The van der Waals surface area contributed by atoms with Gasteiger partial charge in [-0.15, -0.1) is 0 Å². The van der Waals surface area contributed by atoms with Gasteiger partial charge in [-0.3, -0.25) is 9.35 Å². The number of unbranched alkanes of at least 4 members (excludes halogenated alkanes) is 22. The van der Waals surface area contributed by atoms with Gasteiger partial charge in [-0.25, -0.2) is 0 Å². The van der Waals surface area contributed by atoms with Gasteiger partial charge in [0, 0.05) is 6.42 Å². The monoisotopic (exact) mass is 654 g/mol. The number of carbonyl (C=O) groups excluding carboxylic acids is 1. The predicted octanol–water partition coefficient (Wildman–Crippen LogP) is 10.6. The van der Waals surface area contributed by atoms with E-state index in [0.717, 1.165) is 38.5 Å². The lowest BCUT2D eigenvalue weighted by atomic mass is 10.0. The Morgan fingerprint density at radius 1 is 0.622 bits per heavy atom. The summed E-state index contributed by atoms with van der Waals surface area (Å²) in [4.78, 5) is 12.4. The van der Waals surface area contributed by atoms with Crippen LogP contribution < -0.4 is 5.32 Å². The molecule has 0 spiro atoms. The zero-order valence-electron chi connectivity index (χ0n) is 29.2. The third kappa shape index (κ3) is 33.7. The first-order valence-electron chi connectivity index (χ1n) is 18.7. The molecular weight excluding hydrogens is 582 g/mol. The number of aliphatic hydroxyl groups is 1. The second kappa shape index (κ2) is 32.5. The summed E-state index contributed by atoms with van der Waals surface area (Å²) in [6, 6.07) is -1.07. The van der Waals surface area contributed by atoms with Crippen LogP contribution in [-0.4, -0.2) is 41.9 Å². The number of nitrogens with one attached hydrogen (secondary N) is 1.